The molecule has 46 heavy (non-hydrogen) atoms. The van der Waals surface area contributed by atoms with E-state index in [2.05, 4.69) is 196 Å². The lowest BCUT2D eigenvalue weighted by molar-refractivity contribution is 0.660. The predicted molar refractivity (Wildman–Crippen MR) is 198 cm³/mol. The van der Waals surface area contributed by atoms with Crippen LogP contribution in [0.3, 0.4) is 0 Å². The quantitative estimate of drug-likeness (QED) is 0.132. The van der Waals surface area contributed by atoms with Crippen LogP contribution in [0, 0.1) is 0 Å². The summed E-state index contributed by atoms with van der Waals surface area (Å²) in [6.45, 7) is 4.73. The van der Waals surface area contributed by atoms with E-state index in [-0.39, 0.29) is 5.41 Å². The summed E-state index contributed by atoms with van der Waals surface area (Å²) in [5.41, 5.74) is 10.5. The fourth-order valence-corrected chi connectivity index (χ4v) is 12.6. The van der Waals surface area contributed by atoms with Gasteiger partial charge in [-0.15, -0.1) is 0 Å². The Labute approximate surface area is 273 Å². The van der Waals surface area contributed by atoms with Crippen LogP contribution >= 0.6 is 0 Å². The Kier molecular flexibility index (Phi) is 6.93. The molecule has 7 aromatic carbocycles. The van der Waals surface area contributed by atoms with E-state index in [9.17, 15) is 0 Å². The topological polar surface area (TPSA) is 0 Å². The monoisotopic (exact) mass is 604 g/mol. The highest BCUT2D eigenvalue weighted by Gasteiger charge is 2.42. The zero-order valence-electron chi connectivity index (χ0n) is 26.3. The Balaban J connectivity index is 1.40. The van der Waals surface area contributed by atoms with Crippen molar-refractivity contribution in [3.63, 3.8) is 0 Å². The number of hydrogen-bond acceptors (Lipinski definition) is 0. The van der Waals surface area contributed by atoms with Crippen LogP contribution in [0.4, 0.5) is 0 Å². The lowest BCUT2D eigenvalue weighted by Gasteiger charge is -2.34. The standard InChI is InChI=1S/C45H36Si/c1-45(2)41-26-16-15-25-40(41)44-42(45)32-31-39(33-17-7-3-8-18-33)43(44)34-27-29-38(30-28-34)46(35-19-9-4-10-20-35,36-21-11-5-12-22-36)37-23-13-6-14-24-37/h3-32H,1-2H3. The normalized spacial score (nSPS) is 13.2. The van der Waals surface area contributed by atoms with Crippen molar-refractivity contribution < 1.29 is 0 Å². The molecule has 0 aromatic heterocycles. The van der Waals surface area contributed by atoms with Gasteiger partial charge in [-0.05, 0) is 65.3 Å². The second-order valence-corrected chi connectivity index (χ2v) is 16.7. The zero-order chi connectivity index (χ0) is 31.1. The van der Waals surface area contributed by atoms with Crippen LogP contribution < -0.4 is 20.7 Å². The first-order valence-electron chi connectivity index (χ1n) is 16.2. The number of rotatable bonds is 6. The molecule has 0 bridgehead atoms. The molecular weight excluding hydrogens is 569 g/mol. The van der Waals surface area contributed by atoms with Crippen molar-refractivity contribution in [1.82, 2.24) is 0 Å². The second kappa shape index (κ2) is 11.3. The van der Waals surface area contributed by atoms with E-state index in [0.29, 0.717) is 0 Å². The first-order valence-corrected chi connectivity index (χ1v) is 18.2. The minimum atomic E-state index is -2.60. The fourth-order valence-electron chi connectivity index (χ4n) is 7.90. The van der Waals surface area contributed by atoms with Crippen molar-refractivity contribution >= 4 is 28.8 Å². The molecule has 220 valence electrons. The third-order valence-corrected chi connectivity index (χ3v) is 14.9. The lowest BCUT2D eigenvalue weighted by Crippen LogP contribution is -2.74. The van der Waals surface area contributed by atoms with E-state index in [1.807, 2.05) is 0 Å². The van der Waals surface area contributed by atoms with E-state index in [4.69, 9.17) is 0 Å². The average Bonchev–Trinajstić information content (AvgIpc) is 3.36. The molecule has 0 saturated carbocycles. The Morgan fingerprint density at radius 2 is 0.783 bits per heavy atom. The summed E-state index contributed by atoms with van der Waals surface area (Å²) in [6.07, 6.45) is 0. The predicted octanol–water partition coefficient (Wildman–Crippen LogP) is 8.70. The van der Waals surface area contributed by atoms with Crippen LogP contribution in [0.15, 0.2) is 182 Å². The van der Waals surface area contributed by atoms with Crippen LogP contribution in [-0.2, 0) is 5.41 Å². The molecule has 0 unspecified atom stereocenters. The minimum absolute atomic E-state index is 0.0637. The summed E-state index contributed by atoms with van der Waals surface area (Å²) in [5, 5.41) is 5.55. The largest absolute Gasteiger partial charge is 0.179 e. The molecule has 0 N–H and O–H groups in total. The summed E-state index contributed by atoms with van der Waals surface area (Å²) in [4.78, 5) is 0. The van der Waals surface area contributed by atoms with Gasteiger partial charge in [0.2, 0.25) is 0 Å². The molecule has 0 heterocycles. The summed E-state index contributed by atoms with van der Waals surface area (Å²) in [5.74, 6) is 0. The SMILES string of the molecule is CC1(C)c2ccccc2-c2c1ccc(-c1ccccc1)c2-c1ccc([Si](c2ccccc2)(c2ccccc2)c2ccccc2)cc1. The molecule has 8 rings (SSSR count). The summed E-state index contributed by atoms with van der Waals surface area (Å²) in [7, 11) is -2.60. The Morgan fingerprint density at radius 3 is 1.33 bits per heavy atom. The molecule has 0 amide bonds. The first kappa shape index (κ1) is 28.2. The van der Waals surface area contributed by atoms with Gasteiger partial charge in [-0.2, -0.15) is 0 Å². The molecule has 0 saturated heterocycles. The van der Waals surface area contributed by atoms with Gasteiger partial charge in [-0.25, -0.2) is 0 Å². The van der Waals surface area contributed by atoms with Gasteiger partial charge in [0.25, 0.3) is 0 Å². The average molecular weight is 605 g/mol. The Bertz CT molecular complexity index is 2030. The van der Waals surface area contributed by atoms with Crippen molar-refractivity contribution in [1.29, 1.82) is 0 Å². The van der Waals surface area contributed by atoms with Crippen molar-refractivity contribution in [3.05, 3.63) is 193 Å². The molecule has 7 aromatic rings. The maximum absolute atomic E-state index is 2.60. The molecule has 0 atom stereocenters. The Hall–Kier alpha value is -5.24. The molecule has 0 radical (unpaired) electrons. The maximum Gasteiger partial charge on any atom is 0.179 e. The highest BCUT2D eigenvalue weighted by Crippen LogP contribution is 2.54. The van der Waals surface area contributed by atoms with Crippen molar-refractivity contribution in [2.75, 3.05) is 0 Å². The van der Waals surface area contributed by atoms with Gasteiger partial charge in [0.1, 0.15) is 0 Å². The lowest BCUT2D eigenvalue weighted by atomic mass is 9.80. The molecule has 1 aliphatic carbocycles. The molecule has 0 aliphatic heterocycles. The maximum atomic E-state index is 2.43. The van der Waals surface area contributed by atoms with Crippen LogP contribution in [0.5, 0.6) is 0 Å². The van der Waals surface area contributed by atoms with Gasteiger partial charge in [0.05, 0.1) is 0 Å². The molecular formula is C45H36Si. The van der Waals surface area contributed by atoms with E-state index < -0.39 is 8.07 Å². The summed E-state index contributed by atoms with van der Waals surface area (Å²) < 4.78 is 0. The summed E-state index contributed by atoms with van der Waals surface area (Å²) >= 11 is 0. The fraction of sp³-hybridized carbons (Fsp3) is 0.0667. The molecule has 1 heteroatoms. The third-order valence-electron chi connectivity index (χ3n) is 10.1. The van der Waals surface area contributed by atoms with E-state index in [1.165, 1.54) is 65.3 Å². The van der Waals surface area contributed by atoms with Gasteiger partial charge < -0.3 is 0 Å². The molecule has 0 fully saturated rings. The molecule has 1 aliphatic rings. The number of benzene rings is 7. The summed E-state index contributed by atoms with van der Waals surface area (Å²) in [6, 6.07) is 67.7. The smallest absolute Gasteiger partial charge is 0.0623 e. The Morgan fingerprint density at radius 1 is 0.326 bits per heavy atom. The number of hydrogen-bond donors (Lipinski definition) is 0. The van der Waals surface area contributed by atoms with Gasteiger partial charge in [-0.3, -0.25) is 0 Å². The van der Waals surface area contributed by atoms with Crippen LogP contribution in [-0.4, -0.2) is 8.07 Å². The third kappa shape index (κ3) is 4.35. The first-order chi connectivity index (χ1) is 22.6. The van der Waals surface area contributed by atoms with Gasteiger partial charge in [-0.1, -0.05) is 196 Å². The van der Waals surface area contributed by atoms with Crippen molar-refractivity contribution in [2.24, 2.45) is 0 Å². The van der Waals surface area contributed by atoms with E-state index >= 15 is 0 Å². The highest BCUT2D eigenvalue weighted by atomic mass is 28.3. The number of fused-ring (bicyclic) bond motifs is 3. The second-order valence-electron chi connectivity index (χ2n) is 12.9. The van der Waals surface area contributed by atoms with Gasteiger partial charge in [0, 0.05) is 5.41 Å². The van der Waals surface area contributed by atoms with Crippen LogP contribution in [0.25, 0.3) is 33.4 Å². The van der Waals surface area contributed by atoms with Crippen molar-refractivity contribution in [2.45, 2.75) is 19.3 Å². The van der Waals surface area contributed by atoms with Gasteiger partial charge in [0.15, 0.2) is 8.07 Å². The van der Waals surface area contributed by atoms with Crippen LogP contribution in [0.2, 0.25) is 0 Å². The zero-order valence-corrected chi connectivity index (χ0v) is 27.3. The molecule has 0 spiro atoms. The van der Waals surface area contributed by atoms with E-state index in [0.717, 1.165) is 0 Å². The highest BCUT2D eigenvalue weighted by molar-refractivity contribution is 7.19. The minimum Gasteiger partial charge on any atom is -0.0623 e. The van der Waals surface area contributed by atoms with E-state index in [1.54, 1.807) is 0 Å². The van der Waals surface area contributed by atoms with Gasteiger partial charge >= 0.3 is 0 Å². The van der Waals surface area contributed by atoms with Crippen molar-refractivity contribution in [3.8, 4) is 33.4 Å². The molecule has 0 nitrogen and oxygen atoms in total. The van der Waals surface area contributed by atoms with Crippen LogP contribution in [0.1, 0.15) is 25.0 Å².